The molecule has 1 aromatic heterocycles. The van der Waals surface area contributed by atoms with E-state index < -0.39 is 0 Å². The van der Waals surface area contributed by atoms with Crippen LogP contribution < -0.4 is 10.6 Å². The Kier molecular flexibility index (Phi) is 5.72. The highest BCUT2D eigenvalue weighted by Crippen LogP contribution is 2.32. The van der Waals surface area contributed by atoms with E-state index in [0.29, 0.717) is 38.3 Å². The van der Waals surface area contributed by atoms with Crippen molar-refractivity contribution in [3.63, 3.8) is 0 Å². The first-order valence-electron chi connectivity index (χ1n) is 8.94. The zero-order valence-corrected chi connectivity index (χ0v) is 18.0. The lowest BCUT2D eigenvalue weighted by molar-refractivity contribution is 0.0977. The predicted octanol–water partition coefficient (Wildman–Crippen LogP) is 6.24. The summed E-state index contributed by atoms with van der Waals surface area (Å²) in [6.07, 6.45) is 0. The molecule has 8 heteroatoms. The van der Waals surface area contributed by atoms with E-state index in [0.717, 1.165) is 11.1 Å². The summed E-state index contributed by atoms with van der Waals surface area (Å²) in [5.74, 6) is 0.0386. The van der Waals surface area contributed by atoms with Crippen LogP contribution in [-0.2, 0) is 0 Å². The van der Waals surface area contributed by atoms with Crippen LogP contribution in [0.5, 0.6) is 0 Å². The van der Waals surface area contributed by atoms with E-state index in [-0.39, 0.29) is 11.0 Å². The second kappa shape index (κ2) is 8.44. The monoisotopic (exact) mass is 455 g/mol. The van der Waals surface area contributed by atoms with Crippen molar-refractivity contribution in [2.75, 3.05) is 5.32 Å². The van der Waals surface area contributed by atoms with Gasteiger partial charge in [-0.15, -0.1) is 0 Å². The van der Waals surface area contributed by atoms with Crippen LogP contribution in [0.3, 0.4) is 0 Å². The molecule has 0 spiro atoms. The molecule has 2 N–H and O–H groups in total. The Morgan fingerprint density at radius 1 is 1.07 bits per heavy atom. The van der Waals surface area contributed by atoms with Crippen molar-refractivity contribution in [1.82, 2.24) is 10.3 Å². The summed E-state index contributed by atoms with van der Waals surface area (Å²) in [7, 11) is 0. The molecular weight excluding hydrogens is 441 g/mol. The Morgan fingerprint density at radius 3 is 2.70 bits per heavy atom. The predicted molar refractivity (Wildman–Crippen MR) is 124 cm³/mol. The minimum Gasteiger partial charge on any atom is -0.436 e. The van der Waals surface area contributed by atoms with Crippen molar-refractivity contribution in [3.05, 3.63) is 81.8 Å². The number of carbonyl (C=O) groups excluding carboxylic acids is 1. The van der Waals surface area contributed by atoms with E-state index in [4.69, 9.17) is 39.8 Å². The maximum absolute atomic E-state index is 12.3. The molecular formula is C22H15Cl2N3O2S. The Hall–Kier alpha value is -2.93. The molecule has 4 aromatic rings. The number of carbonyl (C=O) groups is 1. The average Bonchev–Trinajstić information content (AvgIpc) is 3.12. The molecule has 0 saturated heterocycles. The summed E-state index contributed by atoms with van der Waals surface area (Å²) in [5.41, 5.74) is 4.16. The maximum atomic E-state index is 12.3. The van der Waals surface area contributed by atoms with Gasteiger partial charge in [-0.3, -0.25) is 10.1 Å². The van der Waals surface area contributed by atoms with Gasteiger partial charge in [-0.1, -0.05) is 35.3 Å². The van der Waals surface area contributed by atoms with Crippen molar-refractivity contribution in [2.24, 2.45) is 0 Å². The summed E-state index contributed by atoms with van der Waals surface area (Å²) in [6.45, 7) is 1.99. The van der Waals surface area contributed by atoms with Gasteiger partial charge in [-0.05, 0) is 73.2 Å². The highest BCUT2D eigenvalue weighted by Gasteiger charge is 2.14. The highest BCUT2D eigenvalue weighted by molar-refractivity contribution is 7.80. The first kappa shape index (κ1) is 20.3. The summed E-state index contributed by atoms with van der Waals surface area (Å²) < 4.78 is 5.85. The number of oxazole rings is 1. The van der Waals surface area contributed by atoms with Crippen LogP contribution in [0.4, 0.5) is 5.69 Å². The number of hydrogen-bond acceptors (Lipinski definition) is 4. The van der Waals surface area contributed by atoms with Crippen LogP contribution in [0.15, 0.2) is 65.1 Å². The van der Waals surface area contributed by atoms with Gasteiger partial charge in [0.15, 0.2) is 10.7 Å². The van der Waals surface area contributed by atoms with E-state index in [1.165, 1.54) is 0 Å². The Labute approximate surface area is 188 Å². The highest BCUT2D eigenvalue weighted by atomic mass is 35.5. The van der Waals surface area contributed by atoms with Crippen molar-refractivity contribution in [3.8, 4) is 11.5 Å². The van der Waals surface area contributed by atoms with E-state index in [1.54, 1.807) is 42.5 Å². The number of rotatable bonds is 3. The number of anilines is 1. The van der Waals surface area contributed by atoms with Crippen molar-refractivity contribution in [2.45, 2.75) is 6.92 Å². The zero-order valence-electron chi connectivity index (χ0n) is 15.7. The quantitative estimate of drug-likeness (QED) is 0.358. The number of benzene rings is 3. The number of fused-ring (bicyclic) bond motifs is 1. The number of nitrogens with zero attached hydrogens (tertiary/aromatic N) is 1. The number of hydrogen-bond donors (Lipinski definition) is 2. The first-order valence-corrected chi connectivity index (χ1v) is 10.1. The SMILES string of the molecule is Cc1ccc2oc(-c3cc(NC(=S)NC(=O)c4cccc(Cl)c4)ccc3Cl)nc2c1. The average molecular weight is 456 g/mol. The molecule has 0 unspecified atom stereocenters. The second-order valence-corrected chi connectivity index (χ2v) is 7.86. The fourth-order valence-electron chi connectivity index (χ4n) is 2.89. The summed E-state index contributed by atoms with van der Waals surface area (Å²) in [6, 6.07) is 17.6. The largest absolute Gasteiger partial charge is 0.436 e. The lowest BCUT2D eigenvalue weighted by Crippen LogP contribution is -2.34. The summed E-state index contributed by atoms with van der Waals surface area (Å²) in [5, 5.41) is 6.69. The minimum atomic E-state index is -0.362. The van der Waals surface area contributed by atoms with E-state index in [9.17, 15) is 4.79 Å². The van der Waals surface area contributed by atoms with Gasteiger partial charge in [0.2, 0.25) is 5.89 Å². The molecule has 0 aliphatic rings. The molecule has 1 amide bonds. The number of nitrogens with one attached hydrogen (secondary N) is 2. The first-order chi connectivity index (χ1) is 14.4. The smallest absolute Gasteiger partial charge is 0.257 e. The minimum absolute atomic E-state index is 0.140. The fourth-order valence-corrected chi connectivity index (χ4v) is 3.49. The maximum Gasteiger partial charge on any atom is 0.257 e. The third-order valence-corrected chi connectivity index (χ3v) is 5.08. The molecule has 1 heterocycles. The molecule has 0 atom stereocenters. The van der Waals surface area contributed by atoms with Crippen LogP contribution in [-0.4, -0.2) is 16.0 Å². The zero-order chi connectivity index (χ0) is 21.3. The normalized spacial score (nSPS) is 10.8. The molecule has 5 nitrogen and oxygen atoms in total. The van der Waals surface area contributed by atoms with Crippen LogP contribution >= 0.6 is 35.4 Å². The molecule has 4 rings (SSSR count). The molecule has 0 bridgehead atoms. The Bertz CT molecular complexity index is 1290. The van der Waals surface area contributed by atoms with Gasteiger partial charge in [0, 0.05) is 16.3 Å². The number of amides is 1. The number of aromatic nitrogens is 1. The van der Waals surface area contributed by atoms with Crippen molar-refractivity contribution in [1.29, 1.82) is 0 Å². The standard InChI is InChI=1S/C22H15Cl2N3O2S/c1-12-5-8-19-18(9-12)26-21(29-19)16-11-15(6-7-17(16)24)25-22(30)27-20(28)13-3-2-4-14(23)10-13/h2-11H,1H3,(H2,25,27,28,30). The number of thiocarbonyl (C=S) groups is 1. The lowest BCUT2D eigenvalue weighted by atomic mass is 10.2. The summed E-state index contributed by atoms with van der Waals surface area (Å²) in [4.78, 5) is 16.9. The van der Waals surface area contributed by atoms with Crippen LogP contribution in [0, 0.1) is 6.92 Å². The van der Waals surface area contributed by atoms with Gasteiger partial charge < -0.3 is 9.73 Å². The van der Waals surface area contributed by atoms with Crippen LogP contribution in [0.2, 0.25) is 10.0 Å². The van der Waals surface area contributed by atoms with Gasteiger partial charge in [-0.2, -0.15) is 0 Å². The molecule has 0 aliphatic heterocycles. The van der Waals surface area contributed by atoms with E-state index in [2.05, 4.69) is 15.6 Å². The van der Waals surface area contributed by atoms with Crippen molar-refractivity contribution >= 4 is 63.2 Å². The van der Waals surface area contributed by atoms with E-state index >= 15 is 0 Å². The Balaban J connectivity index is 1.54. The van der Waals surface area contributed by atoms with Gasteiger partial charge in [-0.25, -0.2) is 4.98 Å². The van der Waals surface area contributed by atoms with Gasteiger partial charge in [0.05, 0.1) is 10.6 Å². The van der Waals surface area contributed by atoms with Gasteiger partial charge in [0.1, 0.15) is 5.52 Å². The van der Waals surface area contributed by atoms with Crippen LogP contribution in [0.25, 0.3) is 22.6 Å². The third-order valence-electron chi connectivity index (χ3n) is 4.31. The molecule has 3 aromatic carbocycles. The Morgan fingerprint density at radius 2 is 1.90 bits per heavy atom. The van der Waals surface area contributed by atoms with E-state index in [1.807, 2.05) is 25.1 Å². The van der Waals surface area contributed by atoms with Gasteiger partial charge >= 0.3 is 0 Å². The number of halogens is 2. The lowest BCUT2D eigenvalue weighted by Gasteiger charge is -2.11. The molecule has 0 fully saturated rings. The second-order valence-electron chi connectivity index (χ2n) is 6.60. The molecule has 0 aliphatic carbocycles. The van der Waals surface area contributed by atoms with Crippen LogP contribution in [0.1, 0.15) is 15.9 Å². The molecule has 0 radical (unpaired) electrons. The summed E-state index contributed by atoms with van der Waals surface area (Å²) >= 11 is 17.5. The topological polar surface area (TPSA) is 67.2 Å². The molecule has 150 valence electrons. The number of aryl methyl sites for hydroxylation is 1. The molecule has 0 saturated carbocycles. The molecule has 30 heavy (non-hydrogen) atoms. The van der Waals surface area contributed by atoms with Crippen molar-refractivity contribution < 1.29 is 9.21 Å². The third kappa shape index (κ3) is 4.46. The van der Waals surface area contributed by atoms with Gasteiger partial charge in [0.25, 0.3) is 5.91 Å². The fraction of sp³-hybridized carbons (Fsp3) is 0.0455.